The van der Waals surface area contributed by atoms with E-state index in [1.165, 1.54) is 12.8 Å². The lowest BCUT2D eigenvalue weighted by molar-refractivity contribution is 0.394. The summed E-state index contributed by atoms with van der Waals surface area (Å²) in [5.41, 5.74) is 6.81. The minimum Gasteiger partial charge on any atom is -0.356 e. The van der Waals surface area contributed by atoms with Gasteiger partial charge in [-0.25, -0.2) is 9.97 Å². The minimum absolute atomic E-state index is 0.726. The SMILES string of the molecule is CCc1cc(N2CCCC(CCN)C2)nc(C)n1. The minimum atomic E-state index is 0.726. The van der Waals surface area contributed by atoms with Crippen LogP contribution in [-0.2, 0) is 6.42 Å². The Labute approximate surface area is 110 Å². The Morgan fingerprint density at radius 2 is 2.28 bits per heavy atom. The molecule has 0 aromatic carbocycles. The molecule has 0 amide bonds. The molecule has 4 nitrogen and oxygen atoms in total. The van der Waals surface area contributed by atoms with Crippen LogP contribution in [0.1, 0.15) is 37.7 Å². The Hall–Kier alpha value is -1.16. The van der Waals surface area contributed by atoms with Gasteiger partial charge in [0, 0.05) is 24.8 Å². The van der Waals surface area contributed by atoms with Crippen LogP contribution in [-0.4, -0.2) is 29.6 Å². The third-order valence-electron chi connectivity index (χ3n) is 3.66. The molecule has 1 atom stereocenters. The van der Waals surface area contributed by atoms with E-state index in [1.54, 1.807) is 0 Å². The van der Waals surface area contributed by atoms with Crippen molar-refractivity contribution in [2.45, 2.75) is 39.5 Å². The van der Waals surface area contributed by atoms with Crippen molar-refractivity contribution in [2.75, 3.05) is 24.5 Å². The highest BCUT2D eigenvalue weighted by molar-refractivity contribution is 5.40. The van der Waals surface area contributed by atoms with Crippen LogP contribution >= 0.6 is 0 Å². The standard InChI is InChI=1S/C14H24N4/c1-3-13-9-14(17-11(2)16-13)18-8-4-5-12(10-18)6-7-15/h9,12H,3-8,10,15H2,1-2H3. The molecule has 4 heteroatoms. The van der Waals surface area contributed by atoms with E-state index in [0.29, 0.717) is 0 Å². The van der Waals surface area contributed by atoms with Gasteiger partial charge in [0.15, 0.2) is 0 Å². The van der Waals surface area contributed by atoms with E-state index in [4.69, 9.17) is 5.73 Å². The van der Waals surface area contributed by atoms with Gasteiger partial charge in [-0.1, -0.05) is 6.92 Å². The summed E-state index contributed by atoms with van der Waals surface area (Å²) in [6.07, 6.45) is 4.64. The van der Waals surface area contributed by atoms with Crippen molar-refractivity contribution in [2.24, 2.45) is 11.7 Å². The molecular formula is C14H24N4. The highest BCUT2D eigenvalue weighted by Crippen LogP contribution is 2.23. The first-order chi connectivity index (χ1) is 8.72. The molecular weight excluding hydrogens is 224 g/mol. The number of hydrogen-bond donors (Lipinski definition) is 1. The van der Waals surface area contributed by atoms with E-state index in [2.05, 4.69) is 27.9 Å². The highest BCUT2D eigenvalue weighted by Gasteiger charge is 2.20. The van der Waals surface area contributed by atoms with Gasteiger partial charge >= 0.3 is 0 Å². The molecule has 2 heterocycles. The Morgan fingerprint density at radius 3 is 3.00 bits per heavy atom. The highest BCUT2D eigenvalue weighted by atomic mass is 15.2. The number of aromatic nitrogens is 2. The van der Waals surface area contributed by atoms with Crippen LogP contribution in [0.4, 0.5) is 5.82 Å². The number of rotatable bonds is 4. The number of nitrogens with two attached hydrogens (primary N) is 1. The molecule has 18 heavy (non-hydrogen) atoms. The Bertz CT molecular complexity index is 389. The molecule has 1 fully saturated rings. The Balaban J connectivity index is 2.12. The zero-order chi connectivity index (χ0) is 13.0. The fraction of sp³-hybridized carbons (Fsp3) is 0.714. The van der Waals surface area contributed by atoms with Crippen molar-refractivity contribution in [3.63, 3.8) is 0 Å². The summed E-state index contributed by atoms with van der Waals surface area (Å²) in [6.45, 7) is 7.11. The molecule has 0 saturated carbocycles. The van der Waals surface area contributed by atoms with Gasteiger partial charge in [-0.05, 0) is 45.1 Å². The van der Waals surface area contributed by atoms with Crippen LogP contribution in [0, 0.1) is 12.8 Å². The van der Waals surface area contributed by atoms with Crippen LogP contribution in [0.15, 0.2) is 6.07 Å². The first kappa shape index (κ1) is 13.3. The van der Waals surface area contributed by atoms with E-state index in [-0.39, 0.29) is 0 Å². The lowest BCUT2D eigenvalue weighted by atomic mass is 9.95. The van der Waals surface area contributed by atoms with Crippen molar-refractivity contribution in [1.29, 1.82) is 0 Å². The maximum Gasteiger partial charge on any atom is 0.132 e. The van der Waals surface area contributed by atoms with Gasteiger partial charge in [0.05, 0.1) is 0 Å². The molecule has 2 rings (SSSR count). The normalized spacial score (nSPS) is 20.2. The second-order valence-corrected chi connectivity index (χ2v) is 5.15. The molecule has 2 N–H and O–H groups in total. The zero-order valence-corrected chi connectivity index (χ0v) is 11.5. The summed E-state index contributed by atoms with van der Waals surface area (Å²) >= 11 is 0. The summed E-state index contributed by atoms with van der Waals surface area (Å²) in [7, 11) is 0. The molecule has 1 aliphatic heterocycles. The van der Waals surface area contributed by atoms with Gasteiger partial charge in [0.2, 0.25) is 0 Å². The third-order valence-corrected chi connectivity index (χ3v) is 3.66. The maximum atomic E-state index is 5.67. The molecule has 1 aromatic rings. The molecule has 1 unspecified atom stereocenters. The predicted molar refractivity (Wildman–Crippen MR) is 74.8 cm³/mol. The third kappa shape index (κ3) is 3.19. The maximum absolute atomic E-state index is 5.67. The van der Waals surface area contributed by atoms with Gasteiger partial charge in [-0.3, -0.25) is 0 Å². The van der Waals surface area contributed by atoms with Gasteiger partial charge in [0.1, 0.15) is 11.6 Å². The number of anilines is 1. The first-order valence-corrected chi connectivity index (χ1v) is 7.02. The van der Waals surface area contributed by atoms with Crippen molar-refractivity contribution >= 4 is 5.82 Å². The predicted octanol–water partition coefficient (Wildman–Crippen LogP) is 1.91. The Kier molecular flexibility index (Phi) is 4.53. The van der Waals surface area contributed by atoms with Crippen molar-refractivity contribution in [3.05, 3.63) is 17.6 Å². The number of piperidine rings is 1. The van der Waals surface area contributed by atoms with Gasteiger partial charge < -0.3 is 10.6 Å². The van der Waals surface area contributed by atoms with Crippen LogP contribution in [0.3, 0.4) is 0 Å². The summed E-state index contributed by atoms with van der Waals surface area (Å²) in [6, 6.07) is 2.14. The van der Waals surface area contributed by atoms with Crippen LogP contribution < -0.4 is 10.6 Å². The van der Waals surface area contributed by atoms with Crippen LogP contribution in [0.5, 0.6) is 0 Å². The van der Waals surface area contributed by atoms with Crippen molar-refractivity contribution in [3.8, 4) is 0 Å². The van der Waals surface area contributed by atoms with Gasteiger partial charge in [0.25, 0.3) is 0 Å². The summed E-state index contributed by atoms with van der Waals surface area (Å²) in [5, 5.41) is 0. The second kappa shape index (κ2) is 6.14. The van der Waals surface area contributed by atoms with Gasteiger partial charge in [-0.15, -0.1) is 0 Å². The molecule has 100 valence electrons. The van der Waals surface area contributed by atoms with E-state index in [9.17, 15) is 0 Å². The Morgan fingerprint density at radius 1 is 1.44 bits per heavy atom. The monoisotopic (exact) mass is 248 g/mol. The van der Waals surface area contributed by atoms with Crippen LogP contribution in [0.25, 0.3) is 0 Å². The average Bonchev–Trinajstić information content (AvgIpc) is 2.39. The lowest BCUT2D eigenvalue weighted by Crippen LogP contribution is -2.37. The number of aryl methyl sites for hydroxylation is 2. The summed E-state index contributed by atoms with van der Waals surface area (Å²) in [4.78, 5) is 11.4. The fourth-order valence-electron chi connectivity index (χ4n) is 2.70. The van der Waals surface area contributed by atoms with Gasteiger partial charge in [-0.2, -0.15) is 0 Å². The first-order valence-electron chi connectivity index (χ1n) is 7.02. The average molecular weight is 248 g/mol. The molecule has 0 radical (unpaired) electrons. The summed E-state index contributed by atoms with van der Waals surface area (Å²) < 4.78 is 0. The van der Waals surface area contributed by atoms with E-state index in [0.717, 1.165) is 55.7 Å². The topological polar surface area (TPSA) is 55.0 Å². The quantitative estimate of drug-likeness (QED) is 0.884. The van der Waals surface area contributed by atoms with E-state index >= 15 is 0 Å². The van der Waals surface area contributed by atoms with E-state index < -0.39 is 0 Å². The molecule has 1 aromatic heterocycles. The molecule has 0 spiro atoms. The number of nitrogens with zero attached hydrogens (tertiary/aromatic N) is 3. The largest absolute Gasteiger partial charge is 0.356 e. The smallest absolute Gasteiger partial charge is 0.132 e. The second-order valence-electron chi connectivity index (χ2n) is 5.15. The fourth-order valence-corrected chi connectivity index (χ4v) is 2.70. The van der Waals surface area contributed by atoms with Crippen molar-refractivity contribution in [1.82, 2.24) is 9.97 Å². The molecule has 0 bridgehead atoms. The lowest BCUT2D eigenvalue weighted by Gasteiger charge is -2.33. The molecule has 1 aliphatic rings. The van der Waals surface area contributed by atoms with Crippen molar-refractivity contribution < 1.29 is 0 Å². The zero-order valence-electron chi connectivity index (χ0n) is 11.5. The molecule has 0 aliphatic carbocycles. The van der Waals surface area contributed by atoms with Crippen LogP contribution in [0.2, 0.25) is 0 Å². The van der Waals surface area contributed by atoms with E-state index in [1.807, 2.05) is 6.92 Å². The molecule has 1 saturated heterocycles. The summed E-state index contributed by atoms with van der Waals surface area (Å²) in [5.74, 6) is 2.70. The number of hydrogen-bond acceptors (Lipinski definition) is 4.